The summed E-state index contributed by atoms with van der Waals surface area (Å²) in [6, 6.07) is 1.85. The van der Waals surface area contributed by atoms with E-state index in [0.717, 1.165) is 4.83 Å². The number of aromatic nitrogens is 2. The van der Waals surface area contributed by atoms with Crippen molar-refractivity contribution in [2.24, 2.45) is 0 Å². The zero-order valence-corrected chi connectivity index (χ0v) is 5.30. The van der Waals surface area contributed by atoms with Crippen molar-refractivity contribution in [3.8, 4) is 5.88 Å². The second-order valence-electron chi connectivity index (χ2n) is 1.68. The van der Waals surface area contributed by atoms with Gasteiger partial charge < -0.3 is 5.11 Å². The molecule has 0 unspecified atom stereocenters. The van der Waals surface area contributed by atoms with Crippen molar-refractivity contribution in [1.29, 1.82) is 0 Å². The number of nitrogens with zero attached hydrogens (tertiary/aromatic N) is 2. The van der Waals surface area contributed by atoms with Crippen LogP contribution in [0.4, 0.5) is 0 Å². The molecule has 0 saturated carbocycles. The van der Waals surface area contributed by atoms with Crippen molar-refractivity contribution in [3.05, 3.63) is 17.6 Å². The number of fused-ring (bicyclic) bond motifs is 1. The van der Waals surface area contributed by atoms with Gasteiger partial charge in [0, 0.05) is 0 Å². The lowest BCUT2D eigenvalue weighted by Crippen LogP contribution is -1.77. The minimum absolute atomic E-state index is 0.208. The van der Waals surface area contributed by atoms with Crippen LogP contribution in [0.25, 0.3) is 4.83 Å². The van der Waals surface area contributed by atoms with Gasteiger partial charge in [-0.05, 0) is 6.07 Å². The molecule has 0 fully saturated rings. The summed E-state index contributed by atoms with van der Waals surface area (Å²) in [4.78, 5) is 0.965. The Labute approximate surface area is 55.2 Å². The predicted octanol–water partition coefficient (Wildman–Crippen LogP) is 1.10. The Balaban J connectivity index is 2.99. The van der Waals surface area contributed by atoms with Gasteiger partial charge in [-0.25, -0.2) is 0 Å². The molecule has 2 heterocycles. The lowest BCUT2D eigenvalue weighted by atomic mass is 10.7. The summed E-state index contributed by atoms with van der Waals surface area (Å²) in [5, 5.41) is 14.5. The normalized spacial score (nSPS) is 10.7. The van der Waals surface area contributed by atoms with Gasteiger partial charge in [0.2, 0.25) is 5.88 Å². The van der Waals surface area contributed by atoms with Crippen LogP contribution in [0, 0.1) is 0 Å². The third-order valence-corrected chi connectivity index (χ3v) is 1.99. The molecular weight excluding hydrogens is 136 g/mol. The maximum absolute atomic E-state index is 9.01. The molecule has 0 radical (unpaired) electrons. The summed E-state index contributed by atoms with van der Waals surface area (Å²) in [5.41, 5.74) is 0. The van der Waals surface area contributed by atoms with Crippen molar-refractivity contribution in [2.75, 3.05) is 0 Å². The summed E-state index contributed by atoms with van der Waals surface area (Å²) < 4.78 is 1.49. The monoisotopic (exact) mass is 140 g/mol. The van der Waals surface area contributed by atoms with Gasteiger partial charge >= 0.3 is 0 Å². The van der Waals surface area contributed by atoms with Gasteiger partial charge in [-0.3, -0.25) is 0 Å². The lowest BCUT2D eigenvalue weighted by Gasteiger charge is -1.81. The summed E-state index contributed by atoms with van der Waals surface area (Å²) in [5.74, 6) is 0.208. The van der Waals surface area contributed by atoms with Crippen LogP contribution in [0.2, 0.25) is 0 Å². The zero-order valence-electron chi connectivity index (χ0n) is 4.48. The number of rotatable bonds is 0. The molecule has 2 aromatic rings. The molecule has 0 atom stereocenters. The molecular formula is C5H4N2OS. The standard InChI is InChI=1S/C5H4N2OS/c8-4-3-9-5-1-2-6-7(4)5/h1-3,8H. The SMILES string of the molecule is Oc1csc2ccnn12. The highest BCUT2D eigenvalue weighted by Gasteiger charge is 1.98. The first-order chi connectivity index (χ1) is 4.38. The topological polar surface area (TPSA) is 37.5 Å². The Hall–Kier alpha value is -1.03. The number of hydrogen-bond acceptors (Lipinski definition) is 3. The van der Waals surface area contributed by atoms with Crippen molar-refractivity contribution in [2.45, 2.75) is 0 Å². The van der Waals surface area contributed by atoms with Crippen LogP contribution >= 0.6 is 11.3 Å². The Morgan fingerprint density at radius 3 is 3.33 bits per heavy atom. The highest BCUT2D eigenvalue weighted by atomic mass is 32.1. The fraction of sp³-hybridized carbons (Fsp3) is 0. The van der Waals surface area contributed by atoms with Crippen LogP contribution in [-0.4, -0.2) is 14.7 Å². The fourth-order valence-corrected chi connectivity index (χ4v) is 1.42. The Morgan fingerprint density at radius 1 is 1.67 bits per heavy atom. The van der Waals surface area contributed by atoms with Crippen LogP contribution in [0.15, 0.2) is 17.6 Å². The Morgan fingerprint density at radius 2 is 2.56 bits per heavy atom. The second kappa shape index (κ2) is 1.48. The predicted molar refractivity (Wildman–Crippen MR) is 34.7 cm³/mol. The van der Waals surface area contributed by atoms with E-state index in [1.54, 1.807) is 11.6 Å². The molecule has 0 bridgehead atoms. The first-order valence-corrected chi connectivity index (χ1v) is 3.36. The van der Waals surface area contributed by atoms with Crippen LogP contribution < -0.4 is 0 Å². The summed E-state index contributed by atoms with van der Waals surface area (Å²) in [7, 11) is 0. The van der Waals surface area contributed by atoms with Crippen molar-refractivity contribution < 1.29 is 5.11 Å². The minimum Gasteiger partial charge on any atom is -0.493 e. The average molecular weight is 140 g/mol. The average Bonchev–Trinajstić information content (AvgIpc) is 2.35. The molecule has 0 spiro atoms. The molecule has 0 saturated heterocycles. The van der Waals surface area contributed by atoms with Gasteiger partial charge in [-0.1, -0.05) is 0 Å². The van der Waals surface area contributed by atoms with Crippen LogP contribution in [-0.2, 0) is 0 Å². The third kappa shape index (κ3) is 0.533. The number of aromatic hydroxyl groups is 1. The van der Waals surface area contributed by atoms with E-state index in [9.17, 15) is 0 Å². The maximum Gasteiger partial charge on any atom is 0.223 e. The molecule has 9 heavy (non-hydrogen) atoms. The summed E-state index contributed by atoms with van der Waals surface area (Å²) >= 11 is 1.47. The van der Waals surface area contributed by atoms with Gasteiger partial charge in [0.15, 0.2) is 0 Å². The Bertz CT molecular complexity index is 324. The molecule has 0 aliphatic rings. The van der Waals surface area contributed by atoms with Gasteiger partial charge in [-0.15, -0.1) is 11.3 Å². The van der Waals surface area contributed by atoms with E-state index in [2.05, 4.69) is 5.10 Å². The van der Waals surface area contributed by atoms with E-state index >= 15 is 0 Å². The molecule has 0 aliphatic carbocycles. The van der Waals surface area contributed by atoms with Crippen molar-refractivity contribution in [3.63, 3.8) is 0 Å². The largest absolute Gasteiger partial charge is 0.493 e. The van der Waals surface area contributed by atoms with Crippen LogP contribution in [0.3, 0.4) is 0 Å². The number of thiazole rings is 1. The fourth-order valence-electron chi connectivity index (χ4n) is 0.716. The van der Waals surface area contributed by atoms with Gasteiger partial charge in [0.05, 0.1) is 11.6 Å². The van der Waals surface area contributed by atoms with Crippen molar-refractivity contribution >= 4 is 16.2 Å². The highest BCUT2D eigenvalue weighted by molar-refractivity contribution is 7.15. The molecule has 1 N–H and O–H groups in total. The first-order valence-electron chi connectivity index (χ1n) is 2.48. The molecule has 0 aromatic carbocycles. The Kier molecular flexibility index (Phi) is 0.790. The molecule has 2 aromatic heterocycles. The van der Waals surface area contributed by atoms with Gasteiger partial charge in [0.1, 0.15) is 4.83 Å². The lowest BCUT2D eigenvalue weighted by molar-refractivity contribution is 0.440. The maximum atomic E-state index is 9.01. The van der Waals surface area contributed by atoms with E-state index in [-0.39, 0.29) is 5.88 Å². The molecule has 0 aliphatic heterocycles. The van der Waals surface area contributed by atoms with E-state index in [1.165, 1.54) is 15.9 Å². The van der Waals surface area contributed by atoms with E-state index < -0.39 is 0 Å². The minimum atomic E-state index is 0.208. The van der Waals surface area contributed by atoms with E-state index in [0.29, 0.717) is 0 Å². The summed E-state index contributed by atoms with van der Waals surface area (Å²) in [6.45, 7) is 0. The summed E-state index contributed by atoms with van der Waals surface area (Å²) in [6.07, 6.45) is 1.66. The second-order valence-corrected chi connectivity index (χ2v) is 2.56. The zero-order chi connectivity index (χ0) is 6.27. The molecule has 4 heteroatoms. The molecule has 2 rings (SSSR count). The van der Waals surface area contributed by atoms with Gasteiger partial charge in [-0.2, -0.15) is 9.61 Å². The van der Waals surface area contributed by atoms with Crippen LogP contribution in [0.1, 0.15) is 0 Å². The smallest absolute Gasteiger partial charge is 0.223 e. The molecule has 0 amide bonds. The first kappa shape index (κ1) is 4.81. The molecule has 3 nitrogen and oxygen atoms in total. The molecule has 46 valence electrons. The van der Waals surface area contributed by atoms with Gasteiger partial charge in [0.25, 0.3) is 0 Å². The van der Waals surface area contributed by atoms with Crippen LogP contribution in [0.5, 0.6) is 5.88 Å². The highest BCUT2D eigenvalue weighted by Crippen LogP contribution is 2.19. The van der Waals surface area contributed by atoms with Crippen molar-refractivity contribution in [1.82, 2.24) is 9.61 Å². The third-order valence-electron chi connectivity index (χ3n) is 1.11. The number of hydrogen-bond donors (Lipinski definition) is 1. The quantitative estimate of drug-likeness (QED) is 0.595. The van der Waals surface area contributed by atoms with E-state index in [4.69, 9.17) is 5.11 Å². The van der Waals surface area contributed by atoms with E-state index in [1.807, 2.05) is 6.07 Å².